The highest BCUT2D eigenvalue weighted by molar-refractivity contribution is 7.92. The first-order valence-corrected chi connectivity index (χ1v) is 16.7. The third-order valence-corrected chi connectivity index (χ3v) is 9.75. The van der Waals surface area contributed by atoms with Crippen LogP contribution in [-0.2, 0) is 26.2 Å². The molecule has 1 unspecified atom stereocenters. The molecule has 0 radical (unpaired) electrons. The van der Waals surface area contributed by atoms with Crippen LogP contribution in [0.15, 0.2) is 77.7 Å². The van der Waals surface area contributed by atoms with Gasteiger partial charge >= 0.3 is 0 Å². The van der Waals surface area contributed by atoms with Gasteiger partial charge in [0, 0.05) is 22.6 Å². The zero-order valence-electron chi connectivity index (χ0n) is 24.3. The van der Waals surface area contributed by atoms with E-state index in [1.165, 1.54) is 29.2 Å². The van der Waals surface area contributed by atoms with Crippen LogP contribution in [-0.4, -0.2) is 50.4 Å². The first-order chi connectivity index (χ1) is 20.6. The van der Waals surface area contributed by atoms with Crippen molar-refractivity contribution in [3.05, 3.63) is 88.4 Å². The predicted octanol–water partition coefficient (Wildman–Crippen LogP) is 6.45. The first-order valence-electron chi connectivity index (χ1n) is 14.5. The highest BCUT2D eigenvalue weighted by Gasteiger charge is 2.35. The number of benzene rings is 3. The summed E-state index contributed by atoms with van der Waals surface area (Å²) < 4.78 is 35.1. The van der Waals surface area contributed by atoms with E-state index in [1.807, 2.05) is 6.92 Å². The molecule has 1 aliphatic rings. The van der Waals surface area contributed by atoms with Gasteiger partial charge in [-0.15, -0.1) is 0 Å². The van der Waals surface area contributed by atoms with Gasteiger partial charge in [0.2, 0.25) is 11.8 Å². The minimum absolute atomic E-state index is 0.0359. The fourth-order valence-electron chi connectivity index (χ4n) is 5.26. The molecule has 0 saturated heterocycles. The maximum Gasteiger partial charge on any atom is 0.264 e. The lowest BCUT2D eigenvalue weighted by molar-refractivity contribution is -0.140. The summed E-state index contributed by atoms with van der Waals surface area (Å²) in [6.07, 6.45) is 4.23. The summed E-state index contributed by atoms with van der Waals surface area (Å²) in [4.78, 5) is 29.3. The van der Waals surface area contributed by atoms with Crippen LogP contribution < -0.4 is 14.4 Å². The van der Waals surface area contributed by atoms with Gasteiger partial charge in [-0.1, -0.05) is 67.2 Å². The molecule has 2 amide bonds. The van der Waals surface area contributed by atoms with Crippen LogP contribution in [0.25, 0.3) is 0 Å². The number of ether oxygens (including phenoxy) is 1. The van der Waals surface area contributed by atoms with Gasteiger partial charge in [-0.3, -0.25) is 13.9 Å². The standard InChI is InChI=1S/C32H37Cl2N3O5S/c1-3-28(32(39)35-26-9-5-6-10-26)36(21-23-13-15-24(33)16-14-23)31(38)22-37(29-11-7-8-12-30(29)42-4-2)43(40,41)27-19-17-25(34)18-20-27/h7-8,11-20,26,28H,3-6,9-10,21-22H2,1-2H3,(H,35,39). The molecule has 8 nitrogen and oxygen atoms in total. The summed E-state index contributed by atoms with van der Waals surface area (Å²) in [7, 11) is -4.26. The van der Waals surface area contributed by atoms with Crippen molar-refractivity contribution in [1.82, 2.24) is 10.2 Å². The molecule has 11 heteroatoms. The second-order valence-corrected chi connectivity index (χ2v) is 13.2. The molecule has 0 heterocycles. The van der Waals surface area contributed by atoms with E-state index < -0.39 is 28.5 Å². The molecular weight excluding hydrogens is 609 g/mol. The maximum atomic E-state index is 14.3. The molecule has 0 aromatic heterocycles. The highest BCUT2D eigenvalue weighted by atomic mass is 35.5. The van der Waals surface area contributed by atoms with Crippen molar-refractivity contribution in [3.8, 4) is 5.75 Å². The Morgan fingerprint density at radius 3 is 2.14 bits per heavy atom. The Kier molecular flexibility index (Phi) is 11.3. The maximum absolute atomic E-state index is 14.3. The van der Waals surface area contributed by atoms with Crippen LogP contribution in [0.3, 0.4) is 0 Å². The summed E-state index contributed by atoms with van der Waals surface area (Å²) in [6.45, 7) is 3.46. The normalized spacial score (nSPS) is 14.2. The Morgan fingerprint density at radius 1 is 0.930 bits per heavy atom. The van der Waals surface area contributed by atoms with E-state index in [0.717, 1.165) is 35.6 Å². The molecule has 4 rings (SSSR count). The van der Waals surface area contributed by atoms with Gasteiger partial charge in [-0.25, -0.2) is 8.42 Å². The number of rotatable bonds is 13. The Hall–Kier alpha value is -3.27. The van der Waals surface area contributed by atoms with E-state index in [4.69, 9.17) is 27.9 Å². The molecule has 1 fully saturated rings. The largest absolute Gasteiger partial charge is 0.492 e. The van der Waals surface area contributed by atoms with Crippen LogP contribution in [0.2, 0.25) is 10.0 Å². The summed E-state index contributed by atoms with van der Waals surface area (Å²) in [5.74, 6) is -0.476. The van der Waals surface area contributed by atoms with Crippen molar-refractivity contribution in [2.75, 3.05) is 17.5 Å². The lowest BCUT2D eigenvalue weighted by Gasteiger charge is -2.34. The number of para-hydroxylation sites is 2. The van der Waals surface area contributed by atoms with Crippen molar-refractivity contribution in [2.45, 2.75) is 69.5 Å². The minimum Gasteiger partial charge on any atom is -0.492 e. The van der Waals surface area contributed by atoms with Crippen LogP contribution >= 0.6 is 23.2 Å². The van der Waals surface area contributed by atoms with Gasteiger partial charge in [-0.05, 0) is 80.3 Å². The number of nitrogens with one attached hydrogen (secondary N) is 1. The van der Waals surface area contributed by atoms with E-state index in [2.05, 4.69) is 5.32 Å². The average Bonchev–Trinajstić information content (AvgIpc) is 3.50. The highest BCUT2D eigenvalue weighted by Crippen LogP contribution is 2.33. The Bertz CT molecular complexity index is 1490. The van der Waals surface area contributed by atoms with E-state index in [1.54, 1.807) is 55.5 Å². The molecule has 0 bridgehead atoms. The summed E-state index contributed by atoms with van der Waals surface area (Å²) in [5.41, 5.74) is 0.967. The average molecular weight is 647 g/mol. The Morgan fingerprint density at radius 2 is 1.53 bits per heavy atom. The van der Waals surface area contributed by atoms with Gasteiger partial charge in [0.1, 0.15) is 18.3 Å². The third kappa shape index (κ3) is 8.22. The quantitative estimate of drug-likeness (QED) is 0.230. The molecule has 230 valence electrons. The van der Waals surface area contributed by atoms with Crippen molar-refractivity contribution in [1.29, 1.82) is 0 Å². The van der Waals surface area contributed by atoms with Gasteiger partial charge in [-0.2, -0.15) is 0 Å². The fourth-order valence-corrected chi connectivity index (χ4v) is 6.94. The number of sulfonamides is 1. The smallest absolute Gasteiger partial charge is 0.264 e. The summed E-state index contributed by atoms with van der Waals surface area (Å²) >= 11 is 12.1. The van der Waals surface area contributed by atoms with Crippen molar-refractivity contribution < 1.29 is 22.7 Å². The number of carbonyl (C=O) groups excluding carboxylic acids is 2. The minimum atomic E-state index is -4.26. The zero-order valence-corrected chi connectivity index (χ0v) is 26.7. The fraction of sp³-hybridized carbons (Fsp3) is 0.375. The number of carbonyl (C=O) groups is 2. The second kappa shape index (κ2) is 14.9. The molecule has 3 aromatic rings. The first kappa shape index (κ1) is 32.6. The SMILES string of the molecule is CCOc1ccccc1N(CC(=O)N(Cc1ccc(Cl)cc1)C(CC)C(=O)NC1CCCC1)S(=O)(=O)c1ccc(Cl)cc1. The number of halogens is 2. The van der Waals surface area contributed by atoms with Crippen molar-refractivity contribution in [3.63, 3.8) is 0 Å². The molecule has 0 spiro atoms. The molecule has 1 aliphatic carbocycles. The van der Waals surface area contributed by atoms with Gasteiger partial charge < -0.3 is 15.0 Å². The zero-order chi connectivity index (χ0) is 31.0. The Labute approximate surface area is 264 Å². The number of anilines is 1. The number of hydrogen-bond donors (Lipinski definition) is 1. The van der Waals surface area contributed by atoms with E-state index in [0.29, 0.717) is 28.8 Å². The molecule has 43 heavy (non-hydrogen) atoms. The number of amides is 2. The van der Waals surface area contributed by atoms with Gasteiger partial charge in [0.15, 0.2) is 0 Å². The molecule has 1 N–H and O–H groups in total. The Balaban J connectivity index is 1.75. The lowest BCUT2D eigenvalue weighted by Crippen LogP contribution is -2.53. The third-order valence-electron chi connectivity index (χ3n) is 7.47. The molecule has 0 aliphatic heterocycles. The van der Waals surface area contributed by atoms with E-state index in [-0.39, 0.29) is 29.1 Å². The lowest BCUT2D eigenvalue weighted by atomic mass is 10.1. The van der Waals surface area contributed by atoms with E-state index in [9.17, 15) is 18.0 Å². The van der Waals surface area contributed by atoms with Gasteiger partial charge in [0.05, 0.1) is 17.2 Å². The van der Waals surface area contributed by atoms with Crippen LogP contribution in [0.4, 0.5) is 5.69 Å². The molecular formula is C32H37Cl2N3O5S. The van der Waals surface area contributed by atoms with Crippen LogP contribution in [0.1, 0.15) is 51.5 Å². The molecule has 1 saturated carbocycles. The summed E-state index contributed by atoms with van der Waals surface area (Å²) in [5, 5.41) is 4.04. The second-order valence-electron chi connectivity index (χ2n) is 10.4. The predicted molar refractivity (Wildman–Crippen MR) is 170 cm³/mol. The molecule has 1 atom stereocenters. The van der Waals surface area contributed by atoms with Crippen LogP contribution in [0, 0.1) is 0 Å². The van der Waals surface area contributed by atoms with Crippen LogP contribution in [0.5, 0.6) is 5.75 Å². The summed E-state index contributed by atoms with van der Waals surface area (Å²) in [6, 6.07) is 18.7. The molecule has 3 aromatic carbocycles. The van der Waals surface area contributed by atoms with E-state index >= 15 is 0 Å². The number of nitrogens with zero attached hydrogens (tertiary/aromatic N) is 2. The number of hydrogen-bond acceptors (Lipinski definition) is 5. The monoisotopic (exact) mass is 645 g/mol. The van der Waals surface area contributed by atoms with Gasteiger partial charge in [0.25, 0.3) is 10.0 Å². The topological polar surface area (TPSA) is 96.0 Å². The van der Waals surface area contributed by atoms with Crippen molar-refractivity contribution >= 4 is 50.7 Å². The van der Waals surface area contributed by atoms with Crippen molar-refractivity contribution in [2.24, 2.45) is 0 Å².